The number of rotatable bonds is 11. The Bertz CT molecular complexity index is 911. The molecule has 2 aromatic rings. The number of nitrogens with zero attached hydrogens (tertiary/aromatic N) is 1. The first-order valence-electron chi connectivity index (χ1n) is 8.80. The maximum Gasteiger partial charge on any atom is 0.258 e. The first-order valence-corrected chi connectivity index (χ1v) is 10.2. The van der Waals surface area contributed by atoms with Crippen molar-refractivity contribution in [3.8, 4) is 11.5 Å². The summed E-state index contributed by atoms with van der Waals surface area (Å²) in [5.41, 5.74) is 2.12. The number of carbonyl (C=O) groups is 1. The Balaban J connectivity index is 2.24. The van der Waals surface area contributed by atoms with Crippen molar-refractivity contribution in [1.82, 2.24) is 9.79 Å². The Morgan fingerprint density at radius 3 is 2.31 bits per heavy atom. The lowest BCUT2D eigenvalue weighted by atomic mass is 10.2. The van der Waals surface area contributed by atoms with Crippen LogP contribution in [0.15, 0.2) is 66.1 Å². The highest BCUT2D eigenvalue weighted by Crippen LogP contribution is 2.22. The fraction of sp³-hybridized carbons (Fsp3) is 0.250. The standard InChI is InChI=1S/C20H24N2O6S/c1-3-4-13-28-18-9-11-19(12-10-18)29(25,26)22(15-20(23)21-24)14-16-5-7-17(27-2)8-6-16/h3,5-12,24H,1,4,13-15H2,2H3,(H,21,23). The lowest BCUT2D eigenvalue weighted by Crippen LogP contribution is -2.39. The largest absolute Gasteiger partial charge is 0.497 e. The van der Waals surface area contributed by atoms with Crippen LogP contribution in [0.25, 0.3) is 0 Å². The van der Waals surface area contributed by atoms with Crippen LogP contribution in [0.1, 0.15) is 12.0 Å². The van der Waals surface area contributed by atoms with Crippen LogP contribution < -0.4 is 15.0 Å². The highest BCUT2D eigenvalue weighted by atomic mass is 32.2. The van der Waals surface area contributed by atoms with Gasteiger partial charge in [-0.25, -0.2) is 13.9 Å². The fourth-order valence-corrected chi connectivity index (χ4v) is 3.86. The van der Waals surface area contributed by atoms with Crippen LogP contribution in [0.3, 0.4) is 0 Å². The summed E-state index contributed by atoms with van der Waals surface area (Å²) in [4.78, 5) is 11.7. The van der Waals surface area contributed by atoms with Gasteiger partial charge in [0.05, 0.1) is 25.2 Å². The van der Waals surface area contributed by atoms with E-state index in [1.165, 1.54) is 24.7 Å². The molecule has 2 aromatic carbocycles. The number of amides is 1. The molecule has 0 aliphatic carbocycles. The Kier molecular flexibility index (Phi) is 8.20. The number of benzene rings is 2. The van der Waals surface area contributed by atoms with Gasteiger partial charge < -0.3 is 9.47 Å². The van der Waals surface area contributed by atoms with Crippen molar-refractivity contribution in [2.75, 3.05) is 20.3 Å². The third-order valence-corrected chi connectivity index (χ3v) is 5.82. The number of nitrogens with one attached hydrogen (secondary N) is 1. The molecule has 0 heterocycles. The van der Waals surface area contributed by atoms with Gasteiger partial charge in [-0.3, -0.25) is 10.0 Å². The molecule has 0 unspecified atom stereocenters. The molecule has 1 amide bonds. The SMILES string of the molecule is C=CCCOc1ccc(S(=O)(=O)N(CC(=O)NO)Cc2ccc(OC)cc2)cc1. The summed E-state index contributed by atoms with van der Waals surface area (Å²) in [6, 6.07) is 12.7. The number of hydrogen-bond acceptors (Lipinski definition) is 6. The minimum Gasteiger partial charge on any atom is -0.497 e. The van der Waals surface area contributed by atoms with Crippen molar-refractivity contribution >= 4 is 15.9 Å². The molecule has 156 valence electrons. The van der Waals surface area contributed by atoms with Gasteiger partial charge in [-0.1, -0.05) is 18.2 Å². The van der Waals surface area contributed by atoms with Crippen LogP contribution in [0.5, 0.6) is 11.5 Å². The lowest BCUT2D eigenvalue weighted by Gasteiger charge is -2.21. The minimum absolute atomic E-state index is 0.00724. The van der Waals surface area contributed by atoms with Crippen LogP contribution in [0, 0.1) is 0 Å². The number of hydroxylamine groups is 1. The second-order valence-corrected chi connectivity index (χ2v) is 7.99. The second kappa shape index (κ2) is 10.6. The predicted octanol–water partition coefficient (Wildman–Crippen LogP) is 2.35. The van der Waals surface area contributed by atoms with E-state index in [9.17, 15) is 13.2 Å². The molecule has 2 rings (SSSR count). The Labute approximate surface area is 170 Å². The summed E-state index contributed by atoms with van der Waals surface area (Å²) in [5, 5.41) is 8.83. The van der Waals surface area contributed by atoms with Gasteiger partial charge >= 0.3 is 0 Å². The van der Waals surface area contributed by atoms with Crippen LogP contribution in [-0.2, 0) is 21.4 Å². The maximum atomic E-state index is 13.1. The molecule has 0 aromatic heterocycles. The molecule has 0 bridgehead atoms. The fourth-order valence-electron chi connectivity index (χ4n) is 2.47. The minimum atomic E-state index is -4.00. The van der Waals surface area contributed by atoms with Gasteiger partial charge in [0.1, 0.15) is 11.5 Å². The zero-order chi connectivity index (χ0) is 21.3. The zero-order valence-electron chi connectivity index (χ0n) is 16.1. The highest BCUT2D eigenvalue weighted by Gasteiger charge is 2.27. The van der Waals surface area contributed by atoms with E-state index in [0.29, 0.717) is 30.1 Å². The van der Waals surface area contributed by atoms with E-state index in [1.807, 2.05) is 0 Å². The van der Waals surface area contributed by atoms with Crippen LogP contribution in [-0.4, -0.2) is 44.1 Å². The Morgan fingerprint density at radius 2 is 1.76 bits per heavy atom. The van der Waals surface area contributed by atoms with Gasteiger partial charge in [-0.05, 0) is 48.4 Å². The summed E-state index contributed by atoms with van der Waals surface area (Å²) in [6.45, 7) is 3.45. The molecule has 0 atom stereocenters. The number of hydrogen-bond donors (Lipinski definition) is 2. The third kappa shape index (κ3) is 6.31. The number of sulfonamides is 1. The van der Waals surface area contributed by atoms with E-state index in [1.54, 1.807) is 42.5 Å². The van der Waals surface area contributed by atoms with Crippen molar-refractivity contribution in [3.63, 3.8) is 0 Å². The van der Waals surface area contributed by atoms with E-state index >= 15 is 0 Å². The number of ether oxygens (including phenoxy) is 2. The molecule has 0 spiro atoms. The van der Waals surface area contributed by atoms with E-state index in [0.717, 1.165) is 4.31 Å². The highest BCUT2D eigenvalue weighted by molar-refractivity contribution is 7.89. The molecule has 9 heteroatoms. The van der Waals surface area contributed by atoms with Crippen LogP contribution >= 0.6 is 0 Å². The van der Waals surface area contributed by atoms with E-state index in [2.05, 4.69) is 6.58 Å². The molecule has 0 saturated carbocycles. The molecule has 0 aliphatic rings. The van der Waals surface area contributed by atoms with Crippen molar-refractivity contribution in [2.24, 2.45) is 0 Å². The maximum absolute atomic E-state index is 13.1. The van der Waals surface area contributed by atoms with Gasteiger partial charge in [0, 0.05) is 6.54 Å². The summed E-state index contributed by atoms with van der Waals surface area (Å²) in [6.07, 6.45) is 2.40. The number of carbonyl (C=O) groups excluding carboxylic acids is 1. The van der Waals surface area contributed by atoms with Crippen LogP contribution in [0.2, 0.25) is 0 Å². The molecule has 8 nitrogen and oxygen atoms in total. The first kappa shape index (κ1) is 22.4. The van der Waals surface area contributed by atoms with Gasteiger partial charge in [-0.2, -0.15) is 4.31 Å². The molecule has 29 heavy (non-hydrogen) atoms. The average molecular weight is 420 g/mol. The summed E-state index contributed by atoms with van der Waals surface area (Å²) in [5.74, 6) is 0.315. The van der Waals surface area contributed by atoms with Gasteiger partial charge in [-0.15, -0.1) is 6.58 Å². The topological polar surface area (TPSA) is 105 Å². The first-order chi connectivity index (χ1) is 13.9. The third-order valence-electron chi connectivity index (χ3n) is 4.01. The molecule has 0 fully saturated rings. The van der Waals surface area contributed by atoms with Gasteiger partial charge in [0.15, 0.2) is 0 Å². The summed E-state index contributed by atoms with van der Waals surface area (Å²) < 4.78 is 37.7. The molecule has 0 radical (unpaired) electrons. The van der Waals surface area contributed by atoms with E-state index in [-0.39, 0.29) is 11.4 Å². The monoisotopic (exact) mass is 420 g/mol. The smallest absolute Gasteiger partial charge is 0.258 e. The van der Waals surface area contributed by atoms with Crippen LogP contribution in [0.4, 0.5) is 0 Å². The van der Waals surface area contributed by atoms with Crippen molar-refractivity contribution in [2.45, 2.75) is 17.9 Å². The van der Waals surface area contributed by atoms with Crippen molar-refractivity contribution < 1.29 is 27.9 Å². The van der Waals surface area contributed by atoms with Gasteiger partial charge in [0.2, 0.25) is 10.0 Å². The predicted molar refractivity (Wildman–Crippen MR) is 107 cm³/mol. The second-order valence-electron chi connectivity index (χ2n) is 6.05. The Morgan fingerprint density at radius 1 is 1.14 bits per heavy atom. The van der Waals surface area contributed by atoms with Gasteiger partial charge in [0.25, 0.3) is 5.91 Å². The van der Waals surface area contributed by atoms with E-state index < -0.39 is 22.5 Å². The van der Waals surface area contributed by atoms with E-state index in [4.69, 9.17) is 14.7 Å². The molecule has 0 saturated heterocycles. The molecular weight excluding hydrogens is 396 g/mol. The molecule has 0 aliphatic heterocycles. The number of methoxy groups -OCH3 is 1. The molecule has 2 N–H and O–H groups in total. The Hall–Kier alpha value is -2.88. The van der Waals surface area contributed by atoms with Crippen molar-refractivity contribution in [3.05, 3.63) is 66.7 Å². The quantitative estimate of drug-likeness (QED) is 0.250. The molecular formula is C20H24N2O6S. The lowest BCUT2D eigenvalue weighted by molar-refractivity contribution is -0.129. The average Bonchev–Trinajstić information content (AvgIpc) is 2.74. The zero-order valence-corrected chi connectivity index (χ0v) is 16.9. The van der Waals surface area contributed by atoms with Crippen molar-refractivity contribution in [1.29, 1.82) is 0 Å². The normalized spacial score (nSPS) is 11.1. The summed E-state index contributed by atoms with van der Waals surface area (Å²) in [7, 11) is -2.47. The summed E-state index contributed by atoms with van der Waals surface area (Å²) >= 11 is 0.